The molecule has 0 aromatic heterocycles. The first-order chi connectivity index (χ1) is 12.2. The number of esters is 1. The van der Waals surface area contributed by atoms with E-state index in [1.54, 1.807) is 0 Å². The van der Waals surface area contributed by atoms with Crippen LogP contribution in [0.2, 0.25) is 0 Å². The molecule has 25 heavy (non-hydrogen) atoms. The van der Waals surface area contributed by atoms with E-state index in [-0.39, 0.29) is 12.1 Å². The molecule has 0 saturated carbocycles. The Kier molecular flexibility index (Phi) is 19.2. The molecule has 5 heteroatoms. The fraction of sp³-hybridized carbons (Fsp3) is 0.950. The Morgan fingerprint density at radius 1 is 0.720 bits per heavy atom. The molecule has 0 radical (unpaired) electrons. The Morgan fingerprint density at radius 2 is 1.32 bits per heavy atom. The van der Waals surface area contributed by atoms with Crippen molar-refractivity contribution in [1.82, 2.24) is 0 Å². The van der Waals surface area contributed by atoms with Crippen LogP contribution in [0, 0.1) is 0 Å². The van der Waals surface area contributed by atoms with Gasteiger partial charge in [0, 0.05) is 13.0 Å². The number of carbonyl (C=O) groups excluding carboxylic acids is 1. The zero-order chi connectivity index (χ0) is 18.6. The molecule has 5 nitrogen and oxygen atoms in total. The normalized spacial score (nSPS) is 11.2. The average Bonchev–Trinajstić information content (AvgIpc) is 2.58. The monoisotopic (exact) mass is 360 g/mol. The first-order valence-corrected chi connectivity index (χ1v) is 10.1. The summed E-state index contributed by atoms with van der Waals surface area (Å²) in [6.45, 7) is 9.67. The smallest absolute Gasteiger partial charge is 0.305 e. The van der Waals surface area contributed by atoms with Crippen LogP contribution in [0.4, 0.5) is 0 Å². The Labute approximate surface area is 154 Å². The van der Waals surface area contributed by atoms with Crippen LogP contribution in [0.3, 0.4) is 0 Å². The molecule has 0 aliphatic heterocycles. The van der Waals surface area contributed by atoms with Crippen LogP contribution in [0.25, 0.3) is 0 Å². The van der Waals surface area contributed by atoms with Crippen LogP contribution < -0.4 is 0 Å². The van der Waals surface area contributed by atoms with E-state index in [1.807, 2.05) is 13.8 Å². The van der Waals surface area contributed by atoms with Gasteiger partial charge in [0.25, 0.3) is 0 Å². The molecule has 0 amide bonds. The molecule has 0 unspecified atom stereocenters. The van der Waals surface area contributed by atoms with Gasteiger partial charge in [-0.3, -0.25) is 4.79 Å². The van der Waals surface area contributed by atoms with Gasteiger partial charge in [-0.15, -0.1) is 0 Å². The summed E-state index contributed by atoms with van der Waals surface area (Å²) in [5.41, 5.74) is 0. The molecule has 0 aliphatic carbocycles. The van der Waals surface area contributed by atoms with E-state index in [2.05, 4.69) is 6.92 Å². The molecule has 0 fully saturated rings. The Hall–Kier alpha value is -0.650. The van der Waals surface area contributed by atoms with E-state index < -0.39 is 0 Å². The average molecular weight is 361 g/mol. The summed E-state index contributed by atoms with van der Waals surface area (Å²) in [5, 5.41) is 0. The lowest BCUT2D eigenvalue weighted by Gasteiger charge is -2.08. The van der Waals surface area contributed by atoms with Crippen molar-refractivity contribution in [2.45, 2.75) is 84.7 Å². The highest BCUT2D eigenvalue weighted by Crippen LogP contribution is 2.07. The van der Waals surface area contributed by atoms with Gasteiger partial charge >= 0.3 is 5.97 Å². The number of ether oxygens (including phenoxy) is 4. The Morgan fingerprint density at radius 3 is 2.00 bits per heavy atom. The Bertz CT molecular complexity index is 281. The quantitative estimate of drug-likeness (QED) is 0.250. The molecule has 0 bridgehead atoms. The maximum Gasteiger partial charge on any atom is 0.305 e. The van der Waals surface area contributed by atoms with Gasteiger partial charge in [0.05, 0.1) is 39.1 Å². The van der Waals surface area contributed by atoms with E-state index in [0.717, 1.165) is 12.8 Å². The van der Waals surface area contributed by atoms with Crippen molar-refractivity contribution < 1.29 is 23.7 Å². The van der Waals surface area contributed by atoms with Crippen molar-refractivity contribution >= 4 is 5.97 Å². The highest BCUT2D eigenvalue weighted by atomic mass is 16.5. The predicted molar refractivity (Wildman–Crippen MR) is 101 cm³/mol. The third kappa shape index (κ3) is 21.3. The largest absolute Gasteiger partial charge is 0.466 e. The van der Waals surface area contributed by atoms with Gasteiger partial charge < -0.3 is 18.9 Å². The third-order valence-corrected chi connectivity index (χ3v) is 3.73. The second-order valence-corrected chi connectivity index (χ2v) is 6.59. The molecule has 0 aromatic rings. The summed E-state index contributed by atoms with van der Waals surface area (Å²) in [7, 11) is 0. The molecule has 0 spiro atoms. The summed E-state index contributed by atoms with van der Waals surface area (Å²) in [5.74, 6) is -0.114. The summed E-state index contributed by atoms with van der Waals surface area (Å²) in [6, 6.07) is 0. The molecule has 0 N–H and O–H groups in total. The number of unbranched alkanes of at least 4 members (excludes halogenated alkanes) is 6. The lowest BCUT2D eigenvalue weighted by molar-refractivity contribution is -0.144. The van der Waals surface area contributed by atoms with Crippen LogP contribution in [-0.2, 0) is 23.7 Å². The molecule has 150 valence electrons. The van der Waals surface area contributed by atoms with E-state index >= 15 is 0 Å². The summed E-state index contributed by atoms with van der Waals surface area (Å²) in [4.78, 5) is 11.6. The molecule has 0 rings (SSSR count). The molecule has 0 heterocycles. The van der Waals surface area contributed by atoms with E-state index in [4.69, 9.17) is 18.9 Å². The highest BCUT2D eigenvalue weighted by molar-refractivity contribution is 5.69. The van der Waals surface area contributed by atoms with Gasteiger partial charge in [0.15, 0.2) is 0 Å². The summed E-state index contributed by atoms with van der Waals surface area (Å²) in [6.07, 6.45) is 9.99. The third-order valence-electron chi connectivity index (χ3n) is 3.73. The fourth-order valence-electron chi connectivity index (χ4n) is 2.30. The zero-order valence-corrected chi connectivity index (χ0v) is 16.7. The zero-order valence-electron chi connectivity index (χ0n) is 16.7. The van der Waals surface area contributed by atoms with Crippen molar-refractivity contribution in [3.05, 3.63) is 0 Å². The van der Waals surface area contributed by atoms with Crippen LogP contribution in [-0.4, -0.2) is 51.7 Å². The van der Waals surface area contributed by atoms with Crippen LogP contribution in [0.1, 0.15) is 78.6 Å². The second kappa shape index (κ2) is 19.7. The maximum atomic E-state index is 11.6. The minimum atomic E-state index is -0.114. The van der Waals surface area contributed by atoms with Gasteiger partial charge in [-0.05, 0) is 26.7 Å². The molecular weight excluding hydrogens is 320 g/mol. The van der Waals surface area contributed by atoms with E-state index in [1.165, 1.54) is 32.1 Å². The van der Waals surface area contributed by atoms with Gasteiger partial charge in [-0.25, -0.2) is 0 Å². The van der Waals surface area contributed by atoms with Gasteiger partial charge in [0.2, 0.25) is 0 Å². The number of hydrogen-bond donors (Lipinski definition) is 0. The van der Waals surface area contributed by atoms with Crippen molar-refractivity contribution in [2.24, 2.45) is 0 Å². The second-order valence-electron chi connectivity index (χ2n) is 6.59. The first kappa shape index (κ1) is 24.4. The van der Waals surface area contributed by atoms with E-state index in [0.29, 0.717) is 52.5 Å². The van der Waals surface area contributed by atoms with Gasteiger partial charge in [-0.2, -0.15) is 0 Å². The maximum absolute atomic E-state index is 11.6. The van der Waals surface area contributed by atoms with Crippen molar-refractivity contribution in [2.75, 3.05) is 39.6 Å². The van der Waals surface area contributed by atoms with Crippen molar-refractivity contribution in [1.29, 1.82) is 0 Å². The molecular formula is C20H40O5. The minimum absolute atomic E-state index is 0.114. The van der Waals surface area contributed by atoms with Crippen LogP contribution in [0.5, 0.6) is 0 Å². The topological polar surface area (TPSA) is 54.0 Å². The lowest BCUT2D eigenvalue weighted by Crippen LogP contribution is -2.13. The predicted octanol–water partition coefficient (Wildman–Crippen LogP) is 4.52. The molecule has 0 atom stereocenters. The van der Waals surface area contributed by atoms with Crippen LogP contribution in [0.15, 0.2) is 0 Å². The van der Waals surface area contributed by atoms with Crippen LogP contribution >= 0.6 is 0 Å². The first-order valence-electron chi connectivity index (χ1n) is 10.1. The van der Waals surface area contributed by atoms with E-state index in [9.17, 15) is 4.79 Å². The summed E-state index contributed by atoms with van der Waals surface area (Å²) < 4.78 is 21.4. The fourth-order valence-corrected chi connectivity index (χ4v) is 2.30. The lowest BCUT2D eigenvalue weighted by atomic mass is 10.1. The molecule has 0 saturated heterocycles. The highest BCUT2D eigenvalue weighted by Gasteiger charge is 2.02. The number of rotatable bonds is 19. The Balaban J connectivity index is 3.15. The van der Waals surface area contributed by atoms with Crippen molar-refractivity contribution in [3.63, 3.8) is 0 Å². The SMILES string of the molecule is CCCCCCCCCOC(=O)CCCOCCOCCOC(C)C. The molecule has 0 aliphatic rings. The van der Waals surface area contributed by atoms with Gasteiger partial charge in [0.1, 0.15) is 0 Å². The minimum Gasteiger partial charge on any atom is -0.466 e. The molecule has 0 aromatic carbocycles. The summed E-state index contributed by atoms with van der Waals surface area (Å²) >= 11 is 0. The standard InChI is InChI=1S/C20H40O5/c1-4-5-6-7-8-9-10-14-25-20(21)12-11-13-22-15-16-23-17-18-24-19(2)3/h19H,4-18H2,1-3H3. The number of hydrogen-bond acceptors (Lipinski definition) is 5. The number of carbonyl (C=O) groups is 1. The van der Waals surface area contributed by atoms with Crippen molar-refractivity contribution in [3.8, 4) is 0 Å². The van der Waals surface area contributed by atoms with Gasteiger partial charge in [-0.1, -0.05) is 45.4 Å².